The quantitative estimate of drug-likeness (QED) is 0.451. The molecule has 216 valence electrons. The van der Waals surface area contributed by atoms with Gasteiger partial charge in [-0.2, -0.15) is 4.98 Å². The number of carbonyl (C=O) groups is 1. The molecule has 3 atom stereocenters. The number of rotatable bonds is 4. The van der Waals surface area contributed by atoms with Crippen molar-refractivity contribution < 1.29 is 29.2 Å². The largest absolute Gasteiger partial charge is 0.497 e. The van der Waals surface area contributed by atoms with Gasteiger partial charge in [-0.1, -0.05) is 11.5 Å². The second-order valence-electron chi connectivity index (χ2n) is 12.2. The summed E-state index contributed by atoms with van der Waals surface area (Å²) in [6, 6.07) is 5.41. The molecular formula is C28H35BN6O6. The molecule has 1 aromatic carbocycles. The number of imidazole rings is 1. The van der Waals surface area contributed by atoms with E-state index in [1.165, 1.54) is 4.90 Å². The van der Waals surface area contributed by atoms with Crippen LogP contribution in [-0.4, -0.2) is 105 Å². The van der Waals surface area contributed by atoms with E-state index in [0.717, 1.165) is 24.8 Å². The first-order valence-corrected chi connectivity index (χ1v) is 13.9. The number of amides is 1. The van der Waals surface area contributed by atoms with Gasteiger partial charge < -0.3 is 34.2 Å². The third kappa shape index (κ3) is 4.89. The fourth-order valence-electron chi connectivity index (χ4n) is 5.94. The lowest BCUT2D eigenvalue weighted by Gasteiger charge is -2.27. The molecule has 3 aliphatic rings. The van der Waals surface area contributed by atoms with E-state index in [2.05, 4.69) is 4.98 Å². The van der Waals surface area contributed by atoms with Crippen LogP contribution in [0.2, 0.25) is 0 Å². The van der Waals surface area contributed by atoms with E-state index in [9.17, 15) is 15.0 Å². The Labute approximate surface area is 239 Å². The van der Waals surface area contributed by atoms with Crippen molar-refractivity contribution in [3.63, 3.8) is 0 Å². The van der Waals surface area contributed by atoms with E-state index in [4.69, 9.17) is 32.0 Å². The second kappa shape index (κ2) is 9.85. The molecule has 3 fully saturated rings. The molecule has 1 amide bonds. The van der Waals surface area contributed by atoms with Crippen molar-refractivity contribution in [3.05, 3.63) is 24.5 Å². The number of aliphatic hydroxyl groups is 2. The van der Waals surface area contributed by atoms with Crippen molar-refractivity contribution in [2.45, 2.75) is 63.1 Å². The Bertz CT molecular complexity index is 1470. The molecule has 3 unspecified atom stereocenters. The number of β-amino-alcohol motifs (C(OH)–C–C–N with tert-alkyl or cyclic N) is 2. The van der Waals surface area contributed by atoms with Crippen LogP contribution >= 0.6 is 0 Å². The van der Waals surface area contributed by atoms with Gasteiger partial charge in [-0.3, -0.25) is 4.57 Å². The average Bonchev–Trinajstić information content (AvgIpc) is 3.53. The van der Waals surface area contributed by atoms with Crippen molar-refractivity contribution in [2.24, 2.45) is 0 Å². The molecule has 3 aliphatic heterocycles. The summed E-state index contributed by atoms with van der Waals surface area (Å²) in [6.07, 6.45) is 3.80. The van der Waals surface area contributed by atoms with Crippen molar-refractivity contribution >= 4 is 36.5 Å². The average molecular weight is 562 g/mol. The van der Waals surface area contributed by atoms with Crippen LogP contribution in [-0.2, 0) is 9.47 Å². The van der Waals surface area contributed by atoms with Gasteiger partial charge in [0.25, 0.3) is 0 Å². The summed E-state index contributed by atoms with van der Waals surface area (Å²) in [4.78, 5) is 30.2. The summed E-state index contributed by atoms with van der Waals surface area (Å²) in [6.45, 7) is 5.87. The summed E-state index contributed by atoms with van der Waals surface area (Å²) in [5.74, 6) is 0.867. The monoisotopic (exact) mass is 562 g/mol. The predicted octanol–water partition coefficient (Wildman–Crippen LogP) is 1.53. The maximum absolute atomic E-state index is 12.7. The Kier molecular flexibility index (Phi) is 6.66. The first-order valence-electron chi connectivity index (χ1n) is 13.9. The minimum atomic E-state index is -1.60. The number of hydrogen-bond acceptors (Lipinski definition) is 10. The van der Waals surface area contributed by atoms with Gasteiger partial charge >= 0.3 is 6.09 Å². The van der Waals surface area contributed by atoms with Gasteiger partial charge in [0.15, 0.2) is 5.65 Å². The molecule has 3 aromatic rings. The number of methoxy groups -OCH3 is 1. The number of likely N-dealkylation sites (tertiary alicyclic amines) is 1. The zero-order chi connectivity index (χ0) is 29.2. The fourth-order valence-corrected chi connectivity index (χ4v) is 5.94. The van der Waals surface area contributed by atoms with Crippen LogP contribution in [0, 0.1) is 0 Å². The van der Waals surface area contributed by atoms with E-state index in [1.807, 2.05) is 10.6 Å². The zero-order valence-electron chi connectivity index (χ0n) is 23.8. The van der Waals surface area contributed by atoms with Crippen LogP contribution in [0.3, 0.4) is 0 Å². The van der Waals surface area contributed by atoms with Crippen molar-refractivity contribution in [1.29, 1.82) is 0 Å². The lowest BCUT2D eigenvalue weighted by atomic mass is 9.90. The zero-order valence-corrected chi connectivity index (χ0v) is 23.8. The van der Waals surface area contributed by atoms with Crippen LogP contribution in [0.25, 0.3) is 22.4 Å². The van der Waals surface area contributed by atoms with Gasteiger partial charge in [-0.05, 0) is 52.2 Å². The predicted molar refractivity (Wildman–Crippen MR) is 151 cm³/mol. The third-order valence-electron chi connectivity index (χ3n) is 7.99. The van der Waals surface area contributed by atoms with Crippen molar-refractivity contribution in [2.75, 3.05) is 44.8 Å². The fraction of sp³-hybridized carbons (Fsp3) is 0.571. The molecule has 0 spiro atoms. The minimum Gasteiger partial charge on any atom is -0.497 e. The first kappa shape index (κ1) is 27.7. The lowest BCUT2D eigenvalue weighted by molar-refractivity contribution is -0.0797. The maximum atomic E-state index is 12.7. The highest BCUT2D eigenvalue weighted by atomic mass is 16.6. The summed E-state index contributed by atoms with van der Waals surface area (Å²) >= 11 is 0. The highest BCUT2D eigenvalue weighted by Gasteiger charge is 2.64. The standard InChI is InChI=1S/C28H35BN6O6/c1-26(2,3)41-25(36)34-14-27(37)12-33(13-28(27,38)15-34)24-31-21(17-8-9-19(39-4)18(29)11-17)22-23(32-24)35(16-30-22)20-7-5-6-10-40-20/h8-9,11,16,20,37-38H,5-7,10,12-15H2,1-4H3. The summed E-state index contributed by atoms with van der Waals surface area (Å²) < 4.78 is 18.8. The summed E-state index contributed by atoms with van der Waals surface area (Å²) in [7, 11) is 7.79. The highest BCUT2D eigenvalue weighted by molar-refractivity contribution is 6.34. The first-order chi connectivity index (χ1) is 19.4. The normalized spacial score (nSPS) is 26.4. The smallest absolute Gasteiger partial charge is 0.410 e. The van der Waals surface area contributed by atoms with Crippen LogP contribution in [0.15, 0.2) is 24.5 Å². The molecule has 2 radical (unpaired) electrons. The molecule has 2 N–H and O–H groups in total. The van der Waals surface area contributed by atoms with Crippen LogP contribution < -0.4 is 15.1 Å². The number of aromatic nitrogens is 4. The SMILES string of the molecule is [B]c1cc(-c2nc(N3CC4(O)CN(C(=O)OC(C)(C)C)CC4(O)C3)nc3c2ncn3C2CCCCO2)ccc1OC. The maximum Gasteiger partial charge on any atom is 0.410 e. The minimum absolute atomic E-state index is 0.0204. The Hall–Kier alpha value is -3.42. The van der Waals surface area contributed by atoms with Gasteiger partial charge in [0.1, 0.15) is 47.8 Å². The van der Waals surface area contributed by atoms with Crippen LogP contribution in [0.1, 0.15) is 46.3 Å². The van der Waals surface area contributed by atoms with E-state index < -0.39 is 22.9 Å². The number of benzene rings is 1. The van der Waals surface area contributed by atoms with Gasteiger partial charge in [0.2, 0.25) is 5.95 Å². The van der Waals surface area contributed by atoms with E-state index in [0.29, 0.717) is 40.6 Å². The Morgan fingerprint density at radius 1 is 1.12 bits per heavy atom. The number of ether oxygens (including phenoxy) is 3. The van der Waals surface area contributed by atoms with Gasteiger partial charge in [-0.25, -0.2) is 14.8 Å². The Balaban J connectivity index is 1.38. The second-order valence-corrected chi connectivity index (χ2v) is 12.2. The summed E-state index contributed by atoms with van der Waals surface area (Å²) in [5.41, 5.74) is -0.992. The van der Waals surface area contributed by atoms with Gasteiger partial charge in [-0.15, -0.1) is 0 Å². The number of hydrogen-bond donors (Lipinski definition) is 2. The molecule has 5 heterocycles. The Morgan fingerprint density at radius 2 is 1.85 bits per heavy atom. The molecule has 13 heteroatoms. The molecule has 12 nitrogen and oxygen atoms in total. The summed E-state index contributed by atoms with van der Waals surface area (Å²) in [5, 5.41) is 23.2. The van der Waals surface area contributed by atoms with Gasteiger partial charge in [0.05, 0.1) is 39.6 Å². The van der Waals surface area contributed by atoms with Crippen LogP contribution in [0.4, 0.5) is 10.7 Å². The molecule has 2 aromatic heterocycles. The van der Waals surface area contributed by atoms with E-state index >= 15 is 0 Å². The molecule has 0 aliphatic carbocycles. The molecular weight excluding hydrogens is 527 g/mol. The molecule has 6 rings (SSSR count). The lowest BCUT2D eigenvalue weighted by Crippen LogP contribution is -2.52. The van der Waals surface area contributed by atoms with E-state index in [-0.39, 0.29) is 32.4 Å². The van der Waals surface area contributed by atoms with Crippen molar-refractivity contribution in [3.8, 4) is 17.0 Å². The van der Waals surface area contributed by atoms with E-state index in [1.54, 1.807) is 51.2 Å². The molecule has 41 heavy (non-hydrogen) atoms. The topological polar surface area (TPSA) is 135 Å². The molecule has 3 saturated heterocycles. The number of anilines is 1. The molecule has 0 saturated carbocycles. The third-order valence-corrected chi connectivity index (χ3v) is 7.99. The molecule has 0 bridgehead atoms. The number of fused-ring (bicyclic) bond motifs is 2. The highest BCUT2D eigenvalue weighted by Crippen LogP contribution is 2.41. The number of carbonyl (C=O) groups excluding carboxylic acids is 1. The van der Waals surface area contributed by atoms with Crippen LogP contribution in [0.5, 0.6) is 5.75 Å². The van der Waals surface area contributed by atoms with Gasteiger partial charge in [0, 0.05) is 12.2 Å². The Morgan fingerprint density at radius 3 is 2.46 bits per heavy atom. The van der Waals surface area contributed by atoms with Crippen molar-refractivity contribution in [1.82, 2.24) is 24.4 Å². The number of nitrogens with zero attached hydrogens (tertiary/aromatic N) is 6.